The van der Waals surface area contributed by atoms with Crippen molar-refractivity contribution in [2.24, 2.45) is 10.8 Å². The first-order chi connectivity index (χ1) is 13.9. The van der Waals surface area contributed by atoms with E-state index in [1.54, 1.807) is 0 Å². The summed E-state index contributed by atoms with van der Waals surface area (Å²) in [6.45, 7) is 13.2. The van der Waals surface area contributed by atoms with Gasteiger partial charge in [0.05, 0.1) is 0 Å². The van der Waals surface area contributed by atoms with Crippen LogP contribution in [0, 0.1) is 23.8 Å². The maximum Gasteiger partial charge on any atom is 0.164 e. The summed E-state index contributed by atoms with van der Waals surface area (Å²) in [6.07, 6.45) is 3.19. The number of benzene rings is 2. The number of aryl methyl sites for hydroxylation is 1. The molecule has 0 saturated carbocycles. The van der Waals surface area contributed by atoms with E-state index in [-0.39, 0.29) is 37.1 Å². The largest absolute Gasteiger partial charge is 0.512 e. The van der Waals surface area contributed by atoms with Crippen LogP contribution in [0.25, 0.3) is 22.0 Å². The van der Waals surface area contributed by atoms with Gasteiger partial charge < -0.3 is 10.1 Å². The van der Waals surface area contributed by atoms with Crippen molar-refractivity contribution >= 4 is 16.6 Å². The standard InChI is InChI=1S/C16H12N.C11H20O2.Ir/c1-12-6-8-14(9-7-12)16-15-5-3-2-4-13(15)10-11-17-16;1-10(2,3)8(12)7-9(13)11(4,5)6;/h2-8,10-11H,1H3;7,12H,1-6H3;/q-1;;. The molecule has 0 aliphatic rings. The van der Waals surface area contributed by atoms with Gasteiger partial charge in [-0.3, -0.25) is 4.79 Å². The predicted molar refractivity (Wildman–Crippen MR) is 125 cm³/mol. The number of rotatable bonds is 2. The van der Waals surface area contributed by atoms with E-state index in [0.717, 1.165) is 11.3 Å². The van der Waals surface area contributed by atoms with Crippen LogP contribution < -0.4 is 0 Å². The van der Waals surface area contributed by atoms with Crippen molar-refractivity contribution in [2.45, 2.75) is 48.5 Å². The molecule has 0 atom stereocenters. The first-order valence-electron chi connectivity index (χ1n) is 10.2. The van der Waals surface area contributed by atoms with E-state index in [4.69, 9.17) is 0 Å². The molecule has 0 amide bonds. The second kappa shape index (κ2) is 10.8. The van der Waals surface area contributed by atoms with Crippen molar-refractivity contribution in [3.8, 4) is 11.3 Å². The fourth-order valence-corrected chi connectivity index (χ4v) is 2.54. The normalized spacial score (nSPS) is 11.9. The minimum atomic E-state index is -0.417. The topological polar surface area (TPSA) is 50.2 Å². The zero-order valence-electron chi connectivity index (χ0n) is 19.4. The van der Waals surface area contributed by atoms with Gasteiger partial charge in [0.15, 0.2) is 5.78 Å². The number of allylic oxidation sites excluding steroid dienone is 2. The van der Waals surface area contributed by atoms with Gasteiger partial charge in [-0.15, -0.1) is 35.4 Å². The predicted octanol–water partition coefficient (Wildman–Crippen LogP) is 7.10. The molecule has 3 aromatic rings. The number of hydrogen-bond acceptors (Lipinski definition) is 3. The van der Waals surface area contributed by atoms with Gasteiger partial charge in [-0.25, -0.2) is 0 Å². The quantitative estimate of drug-likeness (QED) is 0.196. The molecule has 0 aliphatic heterocycles. The van der Waals surface area contributed by atoms with Gasteiger partial charge in [-0.05, 0) is 22.5 Å². The van der Waals surface area contributed by atoms with Gasteiger partial charge in [0.25, 0.3) is 0 Å². The summed E-state index contributed by atoms with van der Waals surface area (Å²) in [5, 5.41) is 12.0. The van der Waals surface area contributed by atoms with Crippen LogP contribution in [0.1, 0.15) is 47.1 Å². The second-order valence-corrected chi connectivity index (χ2v) is 9.55. The van der Waals surface area contributed by atoms with Crippen LogP contribution in [0.4, 0.5) is 0 Å². The van der Waals surface area contributed by atoms with Crippen molar-refractivity contribution in [2.75, 3.05) is 0 Å². The van der Waals surface area contributed by atoms with Gasteiger partial charge in [-0.2, -0.15) is 0 Å². The Morgan fingerprint density at radius 1 is 0.968 bits per heavy atom. The van der Waals surface area contributed by atoms with E-state index in [1.165, 1.54) is 22.4 Å². The maximum atomic E-state index is 11.5. The number of hydrogen-bond donors (Lipinski definition) is 1. The number of ketones is 1. The van der Waals surface area contributed by atoms with Crippen LogP contribution in [-0.4, -0.2) is 15.9 Å². The van der Waals surface area contributed by atoms with E-state index < -0.39 is 5.41 Å². The molecule has 0 unspecified atom stereocenters. The van der Waals surface area contributed by atoms with Crippen LogP contribution in [-0.2, 0) is 24.9 Å². The van der Waals surface area contributed by atoms with Crippen molar-refractivity contribution in [1.82, 2.24) is 4.98 Å². The summed E-state index contributed by atoms with van der Waals surface area (Å²) in [5.41, 5.74) is 2.50. The fraction of sp³-hybridized carbons (Fsp3) is 0.333. The molecule has 0 spiro atoms. The smallest absolute Gasteiger partial charge is 0.164 e. The van der Waals surface area contributed by atoms with Gasteiger partial charge in [0.1, 0.15) is 5.76 Å². The summed E-state index contributed by atoms with van der Waals surface area (Å²) in [4.78, 5) is 16.0. The van der Waals surface area contributed by atoms with Crippen LogP contribution in [0.15, 0.2) is 66.6 Å². The Kier molecular flexibility index (Phi) is 9.35. The molecular formula is C27H32IrNO2-. The molecule has 2 aromatic carbocycles. The van der Waals surface area contributed by atoms with Crippen molar-refractivity contribution in [3.05, 3.63) is 78.2 Å². The summed E-state index contributed by atoms with van der Waals surface area (Å²) in [5.74, 6) is 0.104. The Labute approximate surface area is 200 Å². The molecule has 1 N–H and O–H groups in total. The number of aliphatic hydroxyl groups excluding tert-OH is 1. The Hall–Kier alpha value is -2.29. The second-order valence-electron chi connectivity index (χ2n) is 9.55. The molecule has 0 bridgehead atoms. The van der Waals surface area contributed by atoms with Gasteiger partial charge in [0, 0.05) is 43.2 Å². The third kappa shape index (κ3) is 7.72. The number of aliphatic hydroxyl groups is 1. The number of carbonyl (C=O) groups excluding carboxylic acids is 1. The van der Waals surface area contributed by atoms with Gasteiger partial charge in [0.2, 0.25) is 0 Å². The number of pyridine rings is 1. The SMILES string of the molecule is CC(C)(C)C(=O)C=C(O)C(C)(C)C.Cc1c[c-]c(-c2nccc3ccccc23)cc1.[Ir]. The van der Waals surface area contributed by atoms with Gasteiger partial charge in [-0.1, -0.05) is 72.7 Å². The first kappa shape index (κ1) is 26.7. The van der Waals surface area contributed by atoms with Crippen LogP contribution in [0.2, 0.25) is 0 Å². The van der Waals surface area contributed by atoms with E-state index in [9.17, 15) is 9.90 Å². The number of nitrogens with zero attached hydrogens (tertiary/aromatic N) is 1. The molecule has 0 fully saturated rings. The third-order valence-corrected chi connectivity index (χ3v) is 4.67. The average Bonchev–Trinajstić information content (AvgIpc) is 2.67. The number of fused-ring (bicyclic) bond motifs is 1. The molecule has 1 aromatic heterocycles. The summed E-state index contributed by atoms with van der Waals surface area (Å²) >= 11 is 0. The molecule has 0 saturated heterocycles. The Bertz CT molecular complexity index is 1030. The number of aromatic nitrogens is 1. The molecule has 1 heterocycles. The molecule has 0 aliphatic carbocycles. The third-order valence-electron chi connectivity index (χ3n) is 4.67. The Morgan fingerprint density at radius 2 is 1.61 bits per heavy atom. The van der Waals surface area contributed by atoms with Crippen molar-refractivity contribution in [1.29, 1.82) is 0 Å². The van der Waals surface area contributed by atoms with Crippen LogP contribution in [0.5, 0.6) is 0 Å². The van der Waals surface area contributed by atoms with Crippen LogP contribution in [0.3, 0.4) is 0 Å². The fourth-order valence-electron chi connectivity index (χ4n) is 2.54. The monoisotopic (exact) mass is 595 g/mol. The van der Waals surface area contributed by atoms with Gasteiger partial charge >= 0.3 is 0 Å². The molecule has 4 heteroatoms. The first-order valence-corrected chi connectivity index (χ1v) is 10.2. The summed E-state index contributed by atoms with van der Waals surface area (Å²) < 4.78 is 0. The van der Waals surface area contributed by atoms with E-state index in [1.807, 2.05) is 72.0 Å². The minimum Gasteiger partial charge on any atom is -0.512 e. The molecular weight excluding hydrogens is 563 g/mol. The van der Waals surface area contributed by atoms with E-state index in [2.05, 4.69) is 42.2 Å². The Morgan fingerprint density at radius 3 is 2.16 bits per heavy atom. The number of carbonyl (C=O) groups is 1. The van der Waals surface area contributed by atoms with Crippen LogP contribution >= 0.6 is 0 Å². The molecule has 3 nitrogen and oxygen atoms in total. The maximum absolute atomic E-state index is 11.5. The molecule has 3 rings (SSSR count). The summed E-state index contributed by atoms with van der Waals surface area (Å²) in [7, 11) is 0. The van der Waals surface area contributed by atoms with E-state index >= 15 is 0 Å². The molecule has 1 radical (unpaired) electrons. The van der Waals surface area contributed by atoms with Crippen molar-refractivity contribution in [3.63, 3.8) is 0 Å². The Balaban J connectivity index is 0.000000314. The molecule has 31 heavy (non-hydrogen) atoms. The zero-order valence-corrected chi connectivity index (χ0v) is 21.8. The van der Waals surface area contributed by atoms with Crippen molar-refractivity contribution < 1.29 is 30.0 Å². The molecule has 167 valence electrons. The zero-order chi connectivity index (χ0) is 22.5. The summed E-state index contributed by atoms with van der Waals surface area (Å²) in [6, 6.07) is 19.8. The van der Waals surface area contributed by atoms with E-state index in [0.29, 0.717) is 0 Å². The average molecular weight is 595 g/mol. The minimum absolute atomic E-state index is 0.